The van der Waals surface area contributed by atoms with Crippen LogP contribution in [0.5, 0.6) is 5.75 Å². The molecule has 4 aromatic carbocycles. The van der Waals surface area contributed by atoms with Crippen LogP contribution in [0.25, 0.3) is 6.08 Å². The third kappa shape index (κ3) is 9.45. The summed E-state index contributed by atoms with van der Waals surface area (Å²) in [5, 5.41) is 18.5. The van der Waals surface area contributed by atoms with Crippen molar-refractivity contribution >= 4 is 69.3 Å². The van der Waals surface area contributed by atoms with Crippen molar-refractivity contribution in [3.63, 3.8) is 0 Å². The second kappa shape index (κ2) is 20.0. The molecule has 65 heavy (non-hydrogen) atoms. The van der Waals surface area contributed by atoms with Gasteiger partial charge in [0, 0.05) is 22.9 Å². The van der Waals surface area contributed by atoms with Crippen molar-refractivity contribution in [3.05, 3.63) is 177 Å². The highest BCUT2D eigenvalue weighted by molar-refractivity contribution is 8.00. The van der Waals surface area contributed by atoms with E-state index in [4.69, 9.17) is 24.0 Å². The third-order valence-electron chi connectivity index (χ3n) is 11.1. The minimum absolute atomic E-state index is 0.0302. The van der Waals surface area contributed by atoms with Gasteiger partial charge in [0.25, 0.3) is 11.8 Å². The van der Waals surface area contributed by atoms with E-state index in [1.807, 2.05) is 54.6 Å². The number of esters is 1. The Morgan fingerprint density at radius 3 is 2.22 bits per heavy atom. The fourth-order valence-electron chi connectivity index (χ4n) is 7.83. The van der Waals surface area contributed by atoms with Gasteiger partial charge in [0.2, 0.25) is 6.29 Å². The molecule has 2 fully saturated rings. The molecular formula is C48H43N7O7S3. The Labute approximate surface area is 387 Å². The van der Waals surface area contributed by atoms with E-state index in [1.54, 1.807) is 54.3 Å². The number of β-lactam (4-membered cyclic amide) rings is 1. The van der Waals surface area contributed by atoms with Crippen molar-refractivity contribution in [2.45, 2.75) is 49.1 Å². The summed E-state index contributed by atoms with van der Waals surface area (Å²) in [7, 11) is 1.58. The Hall–Kier alpha value is -6.66. The molecular weight excluding hydrogens is 883 g/mol. The van der Waals surface area contributed by atoms with Gasteiger partial charge < -0.3 is 29.7 Å². The molecule has 0 radical (unpaired) electrons. The lowest BCUT2D eigenvalue weighted by atomic mass is 9.77. The number of fused-ring (bicyclic) bond motifs is 1. The number of oxime groups is 1. The number of rotatable bonds is 16. The molecule has 3 aliphatic heterocycles. The zero-order valence-electron chi connectivity index (χ0n) is 35.1. The van der Waals surface area contributed by atoms with Crippen LogP contribution >= 0.6 is 34.6 Å². The maximum absolute atomic E-state index is 14.5. The van der Waals surface area contributed by atoms with E-state index in [0.717, 1.165) is 35.1 Å². The fourth-order valence-corrected chi connectivity index (χ4v) is 10.3. The van der Waals surface area contributed by atoms with Crippen LogP contribution in [0.15, 0.2) is 149 Å². The van der Waals surface area contributed by atoms with Crippen LogP contribution in [0.3, 0.4) is 0 Å². The molecule has 3 aliphatic rings. The molecule has 2 unspecified atom stereocenters. The SMILES string of the molecule is COc1ccc(COC(=O)C2=C(/C=C\c3csnn3)CS[C@H]3C(NC(=O)/C(=N\OC4CCCCO4)c4csc(NC(c5ccccc5)(c5ccccc5)c5ccccc5)n4)C(=O)N23)cc1. The molecule has 330 valence electrons. The van der Waals surface area contributed by atoms with Gasteiger partial charge in [-0.25, -0.2) is 9.78 Å². The highest BCUT2D eigenvalue weighted by Crippen LogP contribution is 2.43. The topological polar surface area (TPSA) is 166 Å². The van der Waals surface area contributed by atoms with Gasteiger partial charge in [-0.2, -0.15) is 0 Å². The van der Waals surface area contributed by atoms with Gasteiger partial charge in [0.1, 0.15) is 40.7 Å². The van der Waals surface area contributed by atoms with Crippen LogP contribution in [0.4, 0.5) is 5.13 Å². The normalized spacial score (nSPS) is 18.7. The second-order valence-electron chi connectivity index (χ2n) is 15.2. The van der Waals surface area contributed by atoms with Gasteiger partial charge in [-0.1, -0.05) is 119 Å². The Morgan fingerprint density at radius 1 is 0.908 bits per heavy atom. The number of aromatic nitrogens is 3. The molecule has 0 bridgehead atoms. The summed E-state index contributed by atoms with van der Waals surface area (Å²) < 4.78 is 20.7. The maximum Gasteiger partial charge on any atom is 0.355 e. The van der Waals surface area contributed by atoms with E-state index in [9.17, 15) is 14.4 Å². The van der Waals surface area contributed by atoms with E-state index in [-0.39, 0.29) is 23.7 Å². The number of allylic oxidation sites excluding steroid dienone is 1. The number of methoxy groups -OCH3 is 1. The van der Waals surface area contributed by atoms with Gasteiger partial charge in [0.05, 0.1) is 19.4 Å². The van der Waals surface area contributed by atoms with E-state index < -0.39 is 41.0 Å². The Balaban J connectivity index is 0.995. The number of thiazole rings is 1. The van der Waals surface area contributed by atoms with Crippen LogP contribution in [0.1, 0.15) is 52.9 Å². The van der Waals surface area contributed by atoms with Gasteiger partial charge in [-0.15, -0.1) is 28.2 Å². The molecule has 2 N–H and O–H groups in total. The van der Waals surface area contributed by atoms with Crippen LogP contribution in [-0.4, -0.2) is 80.1 Å². The molecule has 5 heterocycles. The van der Waals surface area contributed by atoms with E-state index in [2.05, 4.69) is 61.8 Å². The molecule has 2 amide bonds. The van der Waals surface area contributed by atoms with Gasteiger partial charge in [-0.05, 0) is 70.4 Å². The molecule has 0 aliphatic carbocycles. The number of thioether (sulfide) groups is 1. The summed E-state index contributed by atoms with van der Waals surface area (Å²) in [6.45, 7) is 0.478. The smallest absolute Gasteiger partial charge is 0.355 e. The van der Waals surface area contributed by atoms with Gasteiger partial charge >= 0.3 is 5.97 Å². The third-order valence-corrected chi connectivity index (χ3v) is 13.7. The number of carbonyl (C=O) groups is 3. The summed E-state index contributed by atoms with van der Waals surface area (Å²) in [5.74, 6) is -0.821. The molecule has 2 saturated heterocycles. The fraction of sp³-hybridized carbons (Fsp3) is 0.229. The highest BCUT2D eigenvalue weighted by atomic mass is 32.2. The van der Waals surface area contributed by atoms with Gasteiger partial charge in [-0.3, -0.25) is 14.5 Å². The predicted molar refractivity (Wildman–Crippen MR) is 250 cm³/mol. The lowest BCUT2D eigenvalue weighted by molar-refractivity contribution is -0.162. The number of amides is 2. The van der Waals surface area contributed by atoms with Crippen LogP contribution < -0.4 is 15.4 Å². The largest absolute Gasteiger partial charge is 0.497 e. The number of nitrogens with zero attached hydrogens (tertiary/aromatic N) is 5. The molecule has 9 rings (SSSR count). The lowest BCUT2D eigenvalue weighted by Crippen LogP contribution is -2.71. The van der Waals surface area contributed by atoms with Crippen molar-refractivity contribution in [2.24, 2.45) is 5.16 Å². The zero-order chi connectivity index (χ0) is 44.6. The lowest BCUT2D eigenvalue weighted by Gasteiger charge is -2.49. The number of benzene rings is 4. The van der Waals surface area contributed by atoms with Crippen molar-refractivity contribution in [3.8, 4) is 5.75 Å². The average molecular weight is 926 g/mol. The minimum atomic E-state index is -1.00. The first-order chi connectivity index (χ1) is 31.9. The summed E-state index contributed by atoms with van der Waals surface area (Å²) >= 11 is 3.92. The monoisotopic (exact) mass is 925 g/mol. The predicted octanol–water partition coefficient (Wildman–Crippen LogP) is 7.77. The van der Waals surface area contributed by atoms with E-state index in [1.165, 1.54) is 39.5 Å². The second-order valence-corrected chi connectivity index (χ2v) is 17.7. The summed E-state index contributed by atoms with van der Waals surface area (Å²) in [4.78, 5) is 54.8. The Bertz CT molecular complexity index is 2590. The number of carbonyl (C=O) groups excluding carboxylic acids is 3. The van der Waals surface area contributed by atoms with Crippen LogP contribution in [0, 0.1) is 0 Å². The average Bonchev–Trinajstić information content (AvgIpc) is 4.07. The number of nitrogens with one attached hydrogen (secondary N) is 2. The van der Waals surface area contributed by atoms with Crippen LogP contribution in [-0.2, 0) is 40.8 Å². The van der Waals surface area contributed by atoms with E-state index in [0.29, 0.717) is 40.9 Å². The quantitative estimate of drug-likeness (QED) is 0.0319. The standard InChI is InChI=1S/C48H43N7O7S3/c1-59-37-24-20-31(21-25-37)27-61-46(58)42-32(22-23-36-29-65-54-52-36)28-63-45-41(44(57)55(42)45)50-43(56)40(53-62-39-19-11-12-26-60-39)38-30-64-47(49-38)51-48(33-13-5-2-6-14-33,34-15-7-3-8-16-34)35-17-9-4-10-18-35/h2-10,13-18,20-25,29-30,39,41,45H,11-12,19,26-28H2,1H3,(H,49,51)(H,50,56)/b23-22-,53-40-/t39?,41?,45-/m0/s1. The molecule has 17 heteroatoms. The van der Waals surface area contributed by atoms with Crippen molar-refractivity contribution in [1.29, 1.82) is 0 Å². The summed E-state index contributed by atoms with van der Waals surface area (Å²) in [5.41, 5.74) is 4.19. The first-order valence-electron chi connectivity index (χ1n) is 20.9. The first kappa shape index (κ1) is 43.6. The zero-order valence-corrected chi connectivity index (χ0v) is 37.5. The molecule has 14 nitrogen and oxygen atoms in total. The Kier molecular flexibility index (Phi) is 13.4. The number of hydrogen-bond donors (Lipinski definition) is 2. The molecule has 3 atom stereocenters. The van der Waals surface area contributed by atoms with Crippen molar-refractivity contribution < 1.29 is 33.4 Å². The van der Waals surface area contributed by atoms with Crippen LogP contribution in [0.2, 0.25) is 0 Å². The number of anilines is 1. The van der Waals surface area contributed by atoms with E-state index >= 15 is 0 Å². The molecule has 2 aromatic heterocycles. The Morgan fingerprint density at radius 2 is 1.60 bits per heavy atom. The maximum atomic E-state index is 14.5. The molecule has 0 saturated carbocycles. The number of ether oxygens (including phenoxy) is 3. The summed E-state index contributed by atoms with van der Waals surface area (Å²) in [6.07, 6.45) is 5.21. The molecule has 6 aromatic rings. The van der Waals surface area contributed by atoms with Crippen molar-refractivity contribution in [1.82, 2.24) is 24.8 Å². The molecule has 0 spiro atoms. The first-order valence-corrected chi connectivity index (χ1v) is 23.7. The summed E-state index contributed by atoms with van der Waals surface area (Å²) in [6, 6.07) is 36.5. The van der Waals surface area contributed by atoms with Gasteiger partial charge in [0.15, 0.2) is 10.8 Å². The number of hydrogen-bond acceptors (Lipinski definition) is 15. The highest BCUT2D eigenvalue weighted by Gasteiger charge is 2.54. The minimum Gasteiger partial charge on any atom is -0.497 e. The van der Waals surface area contributed by atoms with Crippen molar-refractivity contribution in [2.75, 3.05) is 24.8 Å².